The van der Waals surface area contributed by atoms with Crippen LogP contribution >= 0.6 is 11.3 Å². The average Bonchev–Trinajstić information content (AvgIpc) is 3.28. The summed E-state index contributed by atoms with van der Waals surface area (Å²) in [6, 6.07) is 6.18. The Kier molecular flexibility index (Phi) is 6.72. The lowest BCUT2D eigenvalue weighted by Gasteiger charge is -2.39. The molecule has 2 amide bonds. The third kappa shape index (κ3) is 4.83. The van der Waals surface area contributed by atoms with Crippen molar-refractivity contribution in [2.24, 2.45) is 0 Å². The molecule has 1 aromatic heterocycles. The van der Waals surface area contributed by atoms with E-state index in [0.29, 0.717) is 18.8 Å². The molecule has 1 unspecified atom stereocenters. The van der Waals surface area contributed by atoms with Gasteiger partial charge in [-0.2, -0.15) is 0 Å². The predicted molar refractivity (Wildman–Crippen MR) is 124 cm³/mol. The van der Waals surface area contributed by atoms with Crippen LogP contribution in [0.5, 0.6) is 0 Å². The van der Waals surface area contributed by atoms with E-state index in [1.165, 1.54) is 28.9 Å². The van der Waals surface area contributed by atoms with Crippen molar-refractivity contribution < 1.29 is 9.59 Å². The molecule has 2 aliphatic heterocycles. The van der Waals surface area contributed by atoms with Crippen molar-refractivity contribution >= 4 is 23.2 Å². The van der Waals surface area contributed by atoms with Crippen molar-refractivity contribution in [2.45, 2.75) is 46.1 Å². The largest absolute Gasteiger partial charge is 0.341 e. The van der Waals surface area contributed by atoms with E-state index in [-0.39, 0.29) is 17.9 Å². The zero-order chi connectivity index (χ0) is 22.0. The smallest absolute Gasteiger partial charge is 0.273 e. The number of likely N-dealkylation sites (tertiary alicyclic amines) is 1. The van der Waals surface area contributed by atoms with Crippen LogP contribution in [0.3, 0.4) is 0 Å². The molecular weight excluding hydrogens is 408 g/mol. The summed E-state index contributed by atoms with van der Waals surface area (Å²) in [5.74, 6) is 0.221. The summed E-state index contributed by atoms with van der Waals surface area (Å²) >= 11 is 1.52. The summed E-state index contributed by atoms with van der Waals surface area (Å²) in [6.07, 6.45) is 3.44. The van der Waals surface area contributed by atoms with Gasteiger partial charge in [0.2, 0.25) is 5.91 Å². The van der Waals surface area contributed by atoms with Gasteiger partial charge in [0.1, 0.15) is 10.7 Å². The molecular formula is C24H32N4O2S. The topological polar surface area (TPSA) is 56.8 Å². The van der Waals surface area contributed by atoms with Gasteiger partial charge in [-0.1, -0.05) is 23.8 Å². The molecule has 0 bridgehead atoms. The zero-order valence-electron chi connectivity index (χ0n) is 18.8. The van der Waals surface area contributed by atoms with E-state index >= 15 is 0 Å². The lowest BCUT2D eigenvalue weighted by atomic mass is 10.1. The van der Waals surface area contributed by atoms with Crippen molar-refractivity contribution in [3.8, 4) is 10.6 Å². The van der Waals surface area contributed by atoms with E-state index in [9.17, 15) is 9.59 Å². The molecule has 2 fully saturated rings. The standard InChI is InChI=1S/C24H32N4O2S/c1-17-7-8-20(18(2)15-17)22-25-21(16-31-22)24(30)28-13-11-26(12-14-28)19(3)23(29)27-9-5-4-6-10-27/h7-8,15-16,19H,4-6,9-14H2,1-3H3. The van der Waals surface area contributed by atoms with E-state index in [4.69, 9.17) is 0 Å². The molecule has 0 N–H and O–H groups in total. The van der Waals surface area contributed by atoms with Gasteiger partial charge in [0.15, 0.2) is 0 Å². The fourth-order valence-corrected chi connectivity index (χ4v) is 5.44. The molecule has 0 saturated carbocycles. The summed E-state index contributed by atoms with van der Waals surface area (Å²) in [5.41, 5.74) is 4.00. The molecule has 0 radical (unpaired) electrons. The van der Waals surface area contributed by atoms with Crippen molar-refractivity contribution in [3.05, 3.63) is 40.4 Å². The maximum absolute atomic E-state index is 13.0. The monoisotopic (exact) mass is 440 g/mol. The number of rotatable bonds is 4. The highest BCUT2D eigenvalue weighted by Crippen LogP contribution is 2.28. The van der Waals surface area contributed by atoms with Crippen molar-refractivity contribution in [1.29, 1.82) is 0 Å². The number of aryl methyl sites for hydroxylation is 2. The molecule has 2 saturated heterocycles. The Labute approximate surface area is 188 Å². The molecule has 1 aromatic carbocycles. The minimum absolute atomic E-state index is 0.0121. The van der Waals surface area contributed by atoms with Crippen molar-refractivity contribution in [2.75, 3.05) is 39.3 Å². The number of piperidine rings is 1. The van der Waals surface area contributed by atoms with Crippen LogP contribution in [-0.4, -0.2) is 76.8 Å². The van der Waals surface area contributed by atoms with Gasteiger partial charge in [-0.05, 0) is 45.6 Å². The molecule has 3 heterocycles. The Balaban J connectivity index is 1.35. The van der Waals surface area contributed by atoms with E-state index in [1.807, 2.05) is 22.1 Å². The highest BCUT2D eigenvalue weighted by molar-refractivity contribution is 7.13. The second-order valence-electron chi connectivity index (χ2n) is 8.75. The number of nitrogens with zero attached hydrogens (tertiary/aromatic N) is 4. The number of piperazine rings is 1. The first-order chi connectivity index (χ1) is 14.9. The van der Waals surface area contributed by atoms with Gasteiger partial charge in [-0.15, -0.1) is 11.3 Å². The molecule has 166 valence electrons. The van der Waals surface area contributed by atoms with Gasteiger partial charge in [-0.25, -0.2) is 4.98 Å². The van der Waals surface area contributed by atoms with Crippen LogP contribution in [-0.2, 0) is 4.79 Å². The second-order valence-corrected chi connectivity index (χ2v) is 9.60. The minimum atomic E-state index is -0.120. The lowest BCUT2D eigenvalue weighted by molar-refractivity contribution is -0.137. The molecule has 31 heavy (non-hydrogen) atoms. The SMILES string of the molecule is Cc1ccc(-c2nc(C(=O)N3CCN(C(C)C(=O)N4CCCCC4)CC3)cs2)c(C)c1. The first-order valence-corrected chi connectivity index (χ1v) is 12.2. The molecule has 2 aromatic rings. The molecule has 6 nitrogen and oxygen atoms in total. The third-order valence-corrected chi connectivity index (χ3v) is 7.39. The van der Waals surface area contributed by atoms with Crippen LogP contribution in [0.25, 0.3) is 10.6 Å². The average molecular weight is 441 g/mol. The normalized spacial score (nSPS) is 18.8. The van der Waals surface area contributed by atoms with Gasteiger partial charge < -0.3 is 9.80 Å². The Morgan fingerprint density at radius 1 is 0.968 bits per heavy atom. The van der Waals surface area contributed by atoms with Crippen molar-refractivity contribution in [1.82, 2.24) is 19.7 Å². The fourth-order valence-electron chi connectivity index (χ4n) is 4.56. The number of amides is 2. The number of carbonyl (C=O) groups excluding carboxylic acids is 2. The summed E-state index contributed by atoms with van der Waals surface area (Å²) in [5, 5.41) is 2.76. The van der Waals surface area contributed by atoms with E-state index < -0.39 is 0 Å². The third-order valence-electron chi connectivity index (χ3n) is 6.51. The summed E-state index contributed by atoms with van der Waals surface area (Å²) in [7, 11) is 0. The fraction of sp³-hybridized carbons (Fsp3) is 0.542. The van der Waals surface area contributed by atoms with Crippen LogP contribution in [0.2, 0.25) is 0 Å². The first kappa shape index (κ1) is 22.0. The quantitative estimate of drug-likeness (QED) is 0.729. The lowest BCUT2D eigenvalue weighted by Crippen LogP contribution is -2.56. The molecule has 0 aliphatic carbocycles. The van der Waals surface area contributed by atoms with Crippen LogP contribution in [0, 0.1) is 13.8 Å². The molecule has 1 atom stereocenters. The van der Waals surface area contributed by atoms with Gasteiger partial charge in [-0.3, -0.25) is 14.5 Å². The van der Waals surface area contributed by atoms with Crippen LogP contribution < -0.4 is 0 Å². The maximum atomic E-state index is 13.0. The molecule has 4 rings (SSSR count). The van der Waals surface area contributed by atoms with Crippen LogP contribution in [0.15, 0.2) is 23.6 Å². The maximum Gasteiger partial charge on any atom is 0.273 e. The number of aromatic nitrogens is 1. The molecule has 7 heteroatoms. The van der Waals surface area contributed by atoms with Gasteiger partial charge in [0.25, 0.3) is 5.91 Å². The highest BCUT2D eigenvalue weighted by Gasteiger charge is 2.31. The van der Waals surface area contributed by atoms with Gasteiger partial charge >= 0.3 is 0 Å². The van der Waals surface area contributed by atoms with Crippen LogP contribution in [0.1, 0.15) is 47.8 Å². The predicted octanol–water partition coefficient (Wildman–Crippen LogP) is 3.59. The van der Waals surface area contributed by atoms with E-state index in [2.05, 4.69) is 41.9 Å². The Morgan fingerprint density at radius 2 is 1.68 bits per heavy atom. The summed E-state index contributed by atoms with van der Waals surface area (Å²) in [4.78, 5) is 36.6. The molecule has 2 aliphatic rings. The summed E-state index contributed by atoms with van der Waals surface area (Å²) in [6.45, 7) is 10.6. The number of hydrogen-bond donors (Lipinski definition) is 0. The Hall–Kier alpha value is -2.25. The van der Waals surface area contributed by atoms with Gasteiger partial charge in [0.05, 0.1) is 6.04 Å². The van der Waals surface area contributed by atoms with Gasteiger partial charge in [0, 0.05) is 50.2 Å². The summed E-state index contributed by atoms with van der Waals surface area (Å²) < 4.78 is 0. The number of carbonyl (C=O) groups is 2. The Bertz CT molecular complexity index is 943. The second kappa shape index (κ2) is 9.49. The Morgan fingerprint density at radius 3 is 2.35 bits per heavy atom. The first-order valence-electron chi connectivity index (χ1n) is 11.3. The number of benzene rings is 1. The molecule has 0 spiro atoms. The zero-order valence-corrected chi connectivity index (χ0v) is 19.6. The van der Waals surface area contributed by atoms with E-state index in [1.54, 1.807) is 0 Å². The number of hydrogen-bond acceptors (Lipinski definition) is 5. The highest BCUT2D eigenvalue weighted by atomic mass is 32.1. The number of thiazole rings is 1. The van der Waals surface area contributed by atoms with E-state index in [0.717, 1.165) is 49.6 Å². The van der Waals surface area contributed by atoms with Crippen LogP contribution in [0.4, 0.5) is 0 Å². The van der Waals surface area contributed by atoms with Crippen molar-refractivity contribution in [3.63, 3.8) is 0 Å². The minimum Gasteiger partial charge on any atom is -0.341 e.